The van der Waals surface area contributed by atoms with Gasteiger partial charge in [0.15, 0.2) is 0 Å². The molecule has 0 bridgehead atoms. The first-order valence-electron chi connectivity index (χ1n) is 6.14. The number of nitrogens with one attached hydrogen (secondary N) is 1. The van der Waals surface area contributed by atoms with Gasteiger partial charge in [0, 0.05) is 12.7 Å². The molecule has 0 fully saturated rings. The van der Waals surface area contributed by atoms with Gasteiger partial charge < -0.3 is 11.1 Å². The van der Waals surface area contributed by atoms with Crippen LogP contribution in [0.1, 0.15) is 22.5 Å². The molecule has 4 nitrogen and oxygen atoms in total. The average molecular weight is 295 g/mol. The molecule has 0 aliphatic rings. The number of nitrogens with zero attached hydrogens (tertiary/aromatic N) is 1. The lowest BCUT2D eigenvalue weighted by Gasteiger charge is -2.03. The van der Waals surface area contributed by atoms with Crippen molar-refractivity contribution in [2.45, 2.75) is 12.8 Å². The van der Waals surface area contributed by atoms with Crippen molar-refractivity contribution in [2.24, 2.45) is 0 Å². The monoisotopic (exact) mass is 295 g/mol. The number of hydrogen-bond donors (Lipinski definition) is 2. The Morgan fingerprint density at radius 1 is 1.53 bits per heavy atom. The highest BCUT2D eigenvalue weighted by Crippen LogP contribution is 2.31. The fourth-order valence-corrected chi connectivity index (χ4v) is 3.26. The maximum atomic E-state index is 12.1. The van der Waals surface area contributed by atoms with E-state index in [1.807, 2.05) is 23.9 Å². The van der Waals surface area contributed by atoms with Gasteiger partial charge in [0.2, 0.25) is 0 Å². The quantitative estimate of drug-likeness (QED) is 0.804. The van der Waals surface area contributed by atoms with E-state index in [0.29, 0.717) is 17.1 Å². The number of anilines is 1. The lowest BCUT2D eigenvalue weighted by Crippen LogP contribution is -2.24. The summed E-state index contributed by atoms with van der Waals surface area (Å²) in [4.78, 5) is 16.8. The normalized spacial score (nSPS) is 10.8. The van der Waals surface area contributed by atoms with Crippen LogP contribution in [-0.2, 0) is 0 Å². The number of hydrogen-bond acceptors (Lipinski definition) is 5. The minimum Gasteiger partial charge on any atom is -0.396 e. The summed E-state index contributed by atoms with van der Waals surface area (Å²) < 4.78 is 0.951. The Kier molecular flexibility index (Phi) is 5.04. The number of carbonyl (C=O) groups excluding carboxylic acids is 1. The van der Waals surface area contributed by atoms with E-state index in [1.54, 1.807) is 6.20 Å². The molecule has 2 aromatic rings. The maximum absolute atomic E-state index is 12.1. The van der Waals surface area contributed by atoms with Crippen LogP contribution in [0, 0.1) is 0 Å². The van der Waals surface area contributed by atoms with Crippen molar-refractivity contribution in [3.8, 4) is 0 Å². The van der Waals surface area contributed by atoms with Gasteiger partial charge in [-0.2, -0.15) is 11.8 Å². The second-order valence-corrected chi connectivity index (χ2v) is 6.19. The summed E-state index contributed by atoms with van der Waals surface area (Å²) in [5.41, 5.74) is 7.19. The molecule has 0 aromatic carbocycles. The summed E-state index contributed by atoms with van der Waals surface area (Å²) in [5, 5.41) is 2.91. The molecule has 0 radical (unpaired) electrons. The molecule has 102 valence electrons. The largest absolute Gasteiger partial charge is 0.396 e. The average Bonchev–Trinajstić information content (AvgIpc) is 2.76. The third-order valence-electron chi connectivity index (χ3n) is 2.75. The van der Waals surface area contributed by atoms with Gasteiger partial charge in [-0.15, -0.1) is 11.3 Å². The highest BCUT2D eigenvalue weighted by atomic mass is 32.2. The van der Waals surface area contributed by atoms with Crippen LogP contribution in [0.5, 0.6) is 0 Å². The van der Waals surface area contributed by atoms with Gasteiger partial charge in [-0.1, -0.05) is 0 Å². The van der Waals surface area contributed by atoms with Crippen molar-refractivity contribution in [3.05, 3.63) is 23.2 Å². The predicted octanol–water partition coefficient (Wildman–Crippen LogP) is 2.75. The Balaban J connectivity index is 1.99. The number of rotatable bonds is 6. The summed E-state index contributed by atoms with van der Waals surface area (Å²) in [6, 6.07) is 3.78. The van der Waals surface area contributed by atoms with E-state index in [2.05, 4.69) is 16.6 Å². The van der Waals surface area contributed by atoms with Gasteiger partial charge in [-0.3, -0.25) is 9.78 Å². The van der Waals surface area contributed by atoms with E-state index < -0.39 is 0 Å². The molecular weight excluding hydrogens is 278 g/mol. The summed E-state index contributed by atoms with van der Waals surface area (Å²) in [5.74, 6) is 1.04. The Morgan fingerprint density at radius 2 is 2.37 bits per heavy atom. The molecule has 0 unspecified atom stereocenters. The van der Waals surface area contributed by atoms with Crippen molar-refractivity contribution in [3.63, 3.8) is 0 Å². The molecule has 19 heavy (non-hydrogen) atoms. The van der Waals surface area contributed by atoms with Gasteiger partial charge >= 0.3 is 0 Å². The van der Waals surface area contributed by atoms with Gasteiger partial charge in [0.05, 0.1) is 10.4 Å². The second kappa shape index (κ2) is 6.77. The molecule has 0 saturated heterocycles. The lowest BCUT2D eigenvalue weighted by molar-refractivity contribution is 0.0958. The molecule has 2 heterocycles. The molecule has 0 aliphatic carbocycles. The number of pyridine rings is 1. The van der Waals surface area contributed by atoms with Gasteiger partial charge in [0.1, 0.15) is 10.4 Å². The Labute approximate surface area is 120 Å². The van der Waals surface area contributed by atoms with E-state index in [0.717, 1.165) is 28.8 Å². The van der Waals surface area contributed by atoms with Crippen molar-refractivity contribution in [2.75, 3.05) is 24.3 Å². The number of thiophene rings is 1. The number of unbranched alkanes of at least 4 members (excludes halogenated alkanes) is 1. The van der Waals surface area contributed by atoms with Crippen LogP contribution >= 0.6 is 23.1 Å². The smallest absolute Gasteiger partial charge is 0.263 e. The van der Waals surface area contributed by atoms with E-state index in [9.17, 15) is 4.79 Å². The van der Waals surface area contributed by atoms with Crippen molar-refractivity contribution in [1.29, 1.82) is 0 Å². The zero-order valence-electron chi connectivity index (χ0n) is 10.8. The highest BCUT2D eigenvalue weighted by Gasteiger charge is 2.16. The molecular formula is C13H17N3OS2. The first-order valence-corrected chi connectivity index (χ1v) is 8.35. The summed E-state index contributed by atoms with van der Waals surface area (Å²) >= 11 is 3.22. The van der Waals surface area contributed by atoms with Crippen LogP contribution in [0.2, 0.25) is 0 Å². The van der Waals surface area contributed by atoms with Crippen LogP contribution in [0.15, 0.2) is 18.3 Å². The minimum absolute atomic E-state index is 0.0929. The van der Waals surface area contributed by atoms with Crippen molar-refractivity contribution < 1.29 is 4.79 Å². The third-order valence-corrected chi connectivity index (χ3v) is 4.61. The van der Waals surface area contributed by atoms with Gasteiger partial charge in [0.25, 0.3) is 5.91 Å². The first-order chi connectivity index (χ1) is 9.24. The fourth-order valence-electron chi connectivity index (χ4n) is 1.77. The zero-order chi connectivity index (χ0) is 13.7. The predicted molar refractivity (Wildman–Crippen MR) is 84.0 cm³/mol. The Hall–Kier alpha value is -1.27. The molecule has 0 atom stereocenters. The van der Waals surface area contributed by atoms with Crippen LogP contribution in [0.4, 0.5) is 5.69 Å². The number of carbonyl (C=O) groups is 1. The Morgan fingerprint density at radius 3 is 3.11 bits per heavy atom. The van der Waals surface area contributed by atoms with Gasteiger partial charge in [-0.25, -0.2) is 0 Å². The number of nitrogen functional groups attached to an aromatic ring is 1. The van der Waals surface area contributed by atoms with Crippen LogP contribution < -0.4 is 11.1 Å². The number of fused-ring (bicyclic) bond motifs is 1. The van der Waals surface area contributed by atoms with Crippen LogP contribution in [0.3, 0.4) is 0 Å². The number of nitrogens with two attached hydrogens (primary N) is 1. The van der Waals surface area contributed by atoms with Crippen molar-refractivity contribution >= 4 is 44.9 Å². The number of aromatic nitrogens is 1. The summed E-state index contributed by atoms with van der Waals surface area (Å²) in [6.45, 7) is 0.695. The third kappa shape index (κ3) is 3.39. The summed E-state index contributed by atoms with van der Waals surface area (Å²) in [6.07, 6.45) is 5.89. The molecule has 2 aromatic heterocycles. The molecule has 0 spiro atoms. The number of thioether (sulfide) groups is 1. The van der Waals surface area contributed by atoms with Gasteiger partial charge in [-0.05, 0) is 37.0 Å². The standard InChI is InChI=1S/C13H17N3OS2/c1-18-8-3-2-6-16-13(17)12-10(14)11-9(19-12)5-4-7-15-11/h4-5,7H,2-3,6,8,14H2,1H3,(H,16,17). The fraction of sp³-hybridized carbons (Fsp3) is 0.385. The Bertz CT molecular complexity index is 568. The first kappa shape index (κ1) is 14.1. The maximum Gasteiger partial charge on any atom is 0.263 e. The summed E-state index contributed by atoms with van der Waals surface area (Å²) in [7, 11) is 0. The highest BCUT2D eigenvalue weighted by molar-refractivity contribution is 7.98. The second-order valence-electron chi connectivity index (χ2n) is 4.15. The topological polar surface area (TPSA) is 68.0 Å². The van der Waals surface area contributed by atoms with Crippen molar-refractivity contribution in [1.82, 2.24) is 10.3 Å². The molecule has 0 aliphatic heterocycles. The lowest BCUT2D eigenvalue weighted by atomic mass is 10.3. The molecule has 1 amide bonds. The number of amides is 1. The minimum atomic E-state index is -0.0929. The van der Waals surface area contributed by atoms with E-state index in [1.165, 1.54) is 11.3 Å². The van der Waals surface area contributed by atoms with Crippen LogP contribution in [0.25, 0.3) is 10.2 Å². The van der Waals surface area contributed by atoms with E-state index in [4.69, 9.17) is 5.73 Å². The SMILES string of the molecule is CSCCCCNC(=O)c1sc2cccnc2c1N. The van der Waals surface area contributed by atoms with E-state index >= 15 is 0 Å². The zero-order valence-corrected chi connectivity index (χ0v) is 12.4. The molecule has 3 N–H and O–H groups in total. The van der Waals surface area contributed by atoms with E-state index in [-0.39, 0.29) is 5.91 Å². The molecule has 6 heteroatoms. The molecule has 0 saturated carbocycles. The van der Waals surface area contributed by atoms with Crippen LogP contribution in [-0.4, -0.2) is 29.4 Å². The molecule has 2 rings (SSSR count).